The number of fused-ring (bicyclic) bond motifs is 1. The van der Waals surface area contributed by atoms with Crippen molar-refractivity contribution in [2.45, 2.75) is 19.4 Å². The molecule has 1 heterocycles. The number of hydrogen-bond acceptors (Lipinski definition) is 5. The van der Waals surface area contributed by atoms with E-state index in [0.717, 1.165) is 0 Å². The maximum absolute atomic E-state index is 12.9. The van der Waals surface area contributed by atoms with E-state index in [9.17, 15) is 14.4 Å². The molecule has 1 aliphatic heterocycles. The van der Waals surface area contributed by atoms with Crippen molar-refractivity contribution in [1.82, 2.24) is 0 Å². The number of anilines is 2. The molecule has 2 amide bonds. The molecular formula is C20H19ClN2O5. The first kappa shape index (κ1) is 19.7. The van der Waals surface area contributed by atoms with Gasteiger partial charge in [0.15, 0.2) is 6.61 Å². The molecule has 0 saturated heterocycles. The summed E-state index contributed by atoms with van der Waals surface area (Å²) in [6.07, 6.45) is 0. The lowest BCUT2D eigenvalue weighted by Crippen LogP contribution is -2.59. The van der Waals surface area contributed by atoms with E-state index in [1.165, 1.54) is 24.1 Å². The molecule has 1 aliphatic rings. The highest BCUT2D eigenvalue weighted by Crippen LogP contribution is 2.36. The van der Waals surface area contributed by atoms with Crippen molar-refractivity contribution in [3.8, 4) is 5.75 Å². The van der Waals surface area contributed by atoms with Crippen LogP contribution in [0.25, 0.3) is 0 Å². The van der Waals surface area contributed by atoms with Crippen LogP contribution < -0.4 is 15.0 Å². The Bertz CT molecular complexity index is 957. The quantitative estimate of drug-likeness (QED) is 0.793. The Hall–Kier alpha value is -3.06. The average molecular weight is 403 g/mol. The highest BCUT2D eigenvalue weighted by atomic mass is 35.5. The summed E-state index contributed by atoms with van der Waals surface area (Å²) in [5.74, 6) is -1.32. The molecule has 3 rings (SSSR count). The minimum Gasteiger partial charge on any atom is -0.496 e. The first-order chi connectivity index (χ1) is 13.3. The molecule has 0 unspecified atom stereocenters. The predicted octanol–water partition coefficient (Wildman–Crippen LogP) is 3.27. The van der Waals surface area contributed by atoms with Crippen LogP contribution in [0.1, 0.15) is 24.2 Å². The summed E-state index contributed by atoms with van der Waals surface area (Å²) in [4.78, 5) is 39.1. The topological polar surface area (TPSA) is 84.9 Å². The zero-order valence-corrected chi connectivity index (χ0v) is 16.4. The van der Waals surface area contributed by atoms with Gasteiger partial charge in [-0.25, -0.2) is 4.79 Å². The Morgan fingerprint density at radius 3 is 2.61 bits per heavy atom. The van der Waals surface area contributed by atoms with Crippen LogP contribution in [0.3, 0.4) is 0 Å². The van der Waals surface area contributed by atoms with Crippen LogP contribution in [0.2, 0.25) is 5.02 Å². The molecule has 8 heteroatoms. The monoisotopic (exact) mass is 402 g/mol. The molecule has 0 bridgehead atoms. The number of halogens is 1. The molecule has 0 spiro atoms. The SMILES string of the molecule is COc1ccc(Cl)cc1C(=O)OCC(=O)N1c2ccccc2NC(=O)C1(C)C. The van der Waals surface area contributed by atoms with Gasteiger partial charge in [-0.05, 0) is 44.2 Å². The molecule has 146 valence electrons. The Morgan fingerprint density at radius 2 is 1.89 bits per heavy atom. The van der Waals surface area contributed by atoms with Crippen LogP contribution in [0.15, 0.2) is 42.5 Å². The van der Waals surface area contributed by atoms with Crippen LogP contribution in [-0.4, -0.2) is 37.0 Å². The number of esters is 1. The van der Waals surface area contributed by atoms with Gasteiger partial charge in [0.25, 0.3) is 5.91 Å². The maximum atomic E-state index is 12.9. The first-order valence-corrected chi connectivity index (χ1v) is 8.87. The Kier molecular flexibility index (Phi) is 5.29. The standard InChI is InChI=1S/C20H19ClN2O5/c1-20(2)19(26)22-14-6-4-5-7-15(14)23(20)17(24)11-28-18(25)13-10-12(21)8-9-16(13)27-3/h4-10H,11H2,1-3H3,(H,22,26). The van der Waals surface area contributed by atoms with Crippen LogP contribution in [0.4, 0.5) is 11.4 Å². The molecule has 0 saturated carbocycles. The van der Waals surface area contributed by atoms with Gasteiger partial charge in [-0.1, -0.05) is 23.7 Å². The number of nitrogens with one attached hydrogen (secondary N) is 1. The molecule has 0 aliphatic carbocycles. The van der Waals surface area contributed by atoms with Crippen molar-refractivity contribution >= 4 is 40.8 Å². The third kappa shape index (κ3) is 3.53. The molecule has 0 atom stereocenters. The molecule has 7 nitrogen and oxygen atoms in total. The third-order valence-corrected chi connectivity index (χ3v) is 4.70. The minimum absolute atomic E-state index is 0.110. The lowest BCUT2D eigenvalue weighted by molar-refractivity contribution is -0.128. The van der Waals surface area contributed by atoms with Crippen LogP contribution >= 0.6 is 11.6 Å². The normalized spacial score (nSPS) is 14.7. The van der Waals surface area contributed by atoms with E-state index in [-0.39, 0.29) is 17.2 Å². The highest BCUT2D eigenvalue weighted by molar-refractivity contribution is 6.31. The summed E-state index contributed by atoms with van der Waals surface area (Å²) < 4.78 is 10.3. The second kappa shape index (κ2) is 7.52. The Balaban J connectivity index is 1.82. The van der Waals surface area contributed by atoms with Crippen molar-refractivity contribution in [2.24, 2.45) is 0 Å². The van der Waals surface area contributed by atoms with Crippen molar-refractivity contribution in [1.29, 1.82) is 0 Å². The molecule has 0 radical (unpaired) electrons. The second-order valence-corrected chi connectivity index (χ2v) is 7.12. The predicted molar refractivity (Wildman–Crippen MR) is 105 cm³/mol. The van der Waals surface area contributed by atoms with Crippen molar-refractivity contribution in [3.63, 3.8) is 0 Å². The lowest BCUT2D eigenvalue weighted by Gasteiger charge is -2.41. The van der Waals surface area contributed by atoms with Gasteiger partial charge in [0.1, 0.15) is 16.9 Å². The summed E-state index contributed by atoms with van der Waals surface area (Å²) in [7, 11) is 1.41. The lowest BCUT2D eigenvalue weighted by atomic mass is 9.96. The molecule has 0 fully saturated rings. The largest absolute Gasteiger partial charge is 0.496 e. The number of methoxy groups -OCH3 is 1. The maximum Gasteiger partial charge on any atom is 0.342 e. The minimum atomic E-state index is -1.15. The van der Waals surface area contributed by atoms with E-state index < -0.39 is 24.0 Å². The summed E-state index contributed by atoms with van der Waals surface area (Å²) >= 11 is 5.93. The number of para-hydroxylation sites is 2. The van der Waals surface area contributed by atoms with Gasteiger partial charge in [-0.2, -0.15) is 0 Å². The average Bonchev–Trinajstić information content (AvgIpc) is 2.66. The third-order valence-electron chi connectivity index (χ3n) is 4.47. The zero-order valence-electron chi connectivity index (χ0n) is 15.6. The fourth-order valence-corrected chi connectivity index (χ4v) is 3.18. The summed E-state index contributed by atoms with van der Waals surface area (Å²) in [5, 5.41) is 3.11. The number of rotatable bonds is 4. The van der Waals surface area contributed by atoms with Crippen molar-refractivity contribution in [2.75, 3.05) is 23.9 Å². The molecular weight excluding hydrogens is 384 g/mol. The van der Waals surface area contributed by atoms with Gasteiger partial charge < -0.3 is 14.8 Å². The van der Waals surface area contributed by atoms with Crippen LogP contribution in [0.5, 0.6) is 5.75 Å². The fraction of sp³-hybridized carbons (Fsp3) is 0.250. The van der Waals surface area contributed by atoms with Gasteiger partial charge in [0.2, 0.25) is 5.91 Å². The van der Waals surface area contributed by atoms with Gasteiger partial charge >= 0.3 is 5.97 Å². The number of hydrogen-bond donors (Lipinski definition) is 1. The van der Waals surface area contributed by atoms with E-state index >= 15 is 0 Å². The van der Waals surface area contributed by atoms with E-state index in [4.69, 9.17) is 21.1 Å². The van der Waals surface area contributed by atoms with Crippen molar-refractivity contribution in [3.05, 3.63) is 53.1 Å². The molecule has 28 heavy (non-hydrogen) atoms. The molecule has 1 N–H and O–H groups in total. The van der Waals surface area contributed by atoms with Gasteiger partial charge in [-0.3, -0.25) is 14.5 Å². The van der Waals surface area contributed by atoms with E-state index in [1.54, 1.807) is 44.2 Å². The number of amides is 2. The summed E-state index contributed by atoms with van der Waals surface area (Å²) in [6.45, 7) is 2.70. The van der Waals surface area contributed by atoms with Gasteiger partial charge in [-0.15, -0.1) is 0 Å². The second-order valence-electron chi connectivity index (χ2n) is 6.68. The van der Waals surface area contributed by atoms with Gasteiger partial charge in [0.05, 0.1) is 18.5 Å². The molecule has 2 aromatic rings. The number of ether oxygens (including phenoxy) is 2. The number of benzene rings is 2. The van der Waals surface area contributed by atoms with Crippen molar-refractivity contribution < 1.29 is 23.9 Å². The summed E-state index contributed by atoms with van der Waals surface area (Å²) in [6, 6.07) is 11.5. The zero-order chi connectivity index (χ0) is 20.5. The smallest absolute Gasteiger partial charge is 0.342 e. The number of carbonyl (C=O) groups excluding carboxylic acids is 3. The van der Waals surface area contributed by atoms with E-state index in [2.05, 4.69) is 5.32 Å². The number of nitrogens with zero attached hydrogens (tertiary/aromatic N) is 1. The first-order valence-electron chi connectivity index (χ1n) is 8.50. The van der Waals surface area contributed by atoms with Crippen LogP contribution in [-0.2, 0) is 14.3 Å². The fourth-order valence-electron chi connectivity index (χ4n) is 3.01. The van der Waals surface area contributed by atoms with E-state index in [1.807, 2.05) is 0 Å². The number of carbonyl (C=O) groups is 3. The molecule has 0 aromatic heterocycles. The Labute approximate surface area is 167 Å². The molecule has 2 aromatic carbocycles. The van der Waals surface area contributed by atoms with E-state index in [0.29, 0.717) is 16.4 Å². The highest BCUT2D eigenvalue weighted by Gasteiger charge is 2.43. The van der Waals surface area contributed by atoms with Crippen LogP contribution in [0, 0.1) is 0 Å². The summed E-state index contributed by atoms with van der Waals surface area (Å²) in [5.41, 5.74) is 0.0151. The van der Waals surface area contributed by atoms with Gasteiger partial charge in [0, 0.05) is 5.02 Å². The Morgan fingerprint density at radius 1 is 1.18 bits per heavy atom.